The number of likely N-dealkylation sites (N-methyl/N-ethyl adjacent to an activating group) is 2. The Morgan fingerprint density at radius 3 is 2.67 bits per heavy atom. The van der Waals surface area contributed by atoms with Crippen LogP contribution in [0, 0.1) is 0 Å². The molecule has 3 N–H and O–H groups in total. The molecule has 0 saturated carbocycles. The standard InChI is InChI=1S/C12H21N5O4/c1-15-9(19)8-12(4-6-18,16(2)11(15)20)14-10(13)17(8)5-7-21-3/h8,18H,4-7H2,1-3H3,(H2,13,14). The van der Waals surface area contributed by atoms with Gasteiger partial charge in [0.2, 0.25) is 0 Å². The average Bonchev–Trinajstić information content (AvgIpc) is 2.74. The number of methoxy groups -OCH3 is 1. The van der Waals surface area contributed by atoms with E-state index in [2.05, 4.69) is 4.99 Å². The molecule has 118 valence electrons. The van der Waals surface area contributed by atoms with Gasteiger partial charge in [-0.15, -0.1) is 0 Å². The highest BCUT2D eigenvalue weighted by Gasteiger charge is 2.60. The van der Waals surface area contributed by atoms with Gasteiger partial charge in [-0.3, -0.25) is 14.6 Å². The van der Waals surface area contributed by atoms with E-state index >= 15 is 0 Å². The minimum atomic E-state index is -1.16. The van der Waals surface area contributed by atoms with Gasteiger partial charge in [-0.25, -0.2) is 9.79 Å². The number of fused-ring (bicyclic) bond motifs is 1. The lowest BCUT2D eigenvalue weighted by Gasteiger charge is -2.47. The molecule has 2 aliphatic heterocycles. The molecular formula is C12H21N5O4. The Kier molecular flexibility index (Phi) is 4.06. The van der Waals surface area contributed by atoms with Crippen molar-refractivity contribution < 1.29 is 19.4 Å². The SMILES string of the molecule is COCCN1C(N)=NC2(CCO)C1C(=O)N(C)C(=O)N2C. The minimum Gasteiger partial charge on any atom is -0.396 e. The number of aliphatic imine (C=N–C) groups is 1. The number of hydrogen-bond acceptors (Lipinski definition) is 7. The average molecular weight is 299 g/mol. The minimum absolute atomic E-state index is 0.143. The zero-order chi connectivity index (χ0) is 15.8. The zero-order valence-electron chi connectivity index (χ0n) is 12.4. The predicted molar refractivity (Wildman–Crippen MR) is 74.4 cm³/mol. The fraction of sp³-hybridized carbons (Fsp3) is 0.750. The van der Waals surface area contributed by atoms with E-state index in [4.69, 9.17) is 10.5 Å². The number of imide groups is 1. The summed E-state index contributed by atoms with van der Waals surface area (Å²) in [4.78, 5) is 33.1. The molecule has 2 aliphatic rings. The number of aliphatic hydroxyl groups excluding tert-OH is 1. The summed E-state index contributed by atoms with van der Waals surface area (Å²) in [6.45, 7) is 0.544. The third-order valence-corrected chi connectivity index (χ3v) is 4.09. The number of amides is 3. The van der Waals surface area contributed by atoms with Crippen LogP contribution in [0.5, 0.6) is 0 Å². The van der Waals surface area contributed by atoms with E-state index in [1.165, 1.54) is 11.9 Å². The molecule has 2 heterocycles. The molecule has 0 bridgehead atoms. The van der Waals surface area contributed by atoms with Crippen LogP contribution in [0.25, 0.3) is 0 Å². The first-order valence-corrected chi connectivity index (χ1v) is 6.68. The summed E-state index contributed by atoms with van der Waals surface area (Å²) in [5.74, 6) is -0.208. The first kappa shape index (κ1) is 15.5. The van der Waals surface area contributed by atoms with Gasteiger partial charge in [0.1, 0.15) is 0 Å². The van der Waals surface area contributed by atoms with Gasteiger partial charge >= 0.3 is 6.03 Å². The normalized spacial score (nSPS) is 29.0. The van der Waals surface area contributed by atoms with Crippen molar-refractivity contribution in [2.24, 2.45) is 10.7 Å². The molecule has 0 spiro atoms. The monoisotopic (exact) mass is 299 g/mol. The lowest BCUT2D eigenvalue weighted by molar-refractivity contribution is -0.141. The summed E-state index contributed by atoms with van der Waals surface area (Å²) in [5.41, 5.74) is 4.78. The van der Waals surface area contributed by atoms with Crippen molar-refractivity contribution in [3.63, 3.8) is 0 Å². The largest absolute Gasteiger partial charge is 0.396 e. The molecule has 2 atom stereocenters. The number of nitrogens with zero attached hydrogens (tertiary/aromatic N) is 4. The van der Waals surface area contributed by atoms with Crippen molar-refractivity contribution in [1.82, 2.24) is 14.7 Å². The third kappa shape index (κ3) is 2.12. The lowest BCUT2D eigenvalue weighted by Crippen LogP contribution is -2.71. The van der Waals surface area contributed by atoms with E-state index in [0.717, 1.165) is 4.90 Å². The van der Waals surface area contributed by atoms with Gasteiger partial charge in [0.25, 0.3) is 5.91 Å². The van der Waals surface area contributed by atoms with E-state index in [9.17, 15) is 14.7 Å². The van der Waals surface area contributed by atoms with Crippen LogP contribution in [0.15, 0.2) is 4.99 Å². The summed E-state index contributed by atoms with van der Waals surface area (Å²) in [7, 11) is 4.53. The Morgan fingerprint density at radius 2 is 2.10 bits per heavy atom. The summed E-state index contributed by atoms with van der Waals surface area (Å²) >= 11 is 0. The maximum absolute atomic E-state index is 12.5. The molecule has 2 rings (SSSR count). The molecule has 0 radical (unpaired) electrons. The Bertz CT molecular complexity index is 482. The number of urea groups is 1. The van der Waals surface area contributed by atoms with Crippen LogP contribution in [0.2, 0.25) is 0 Å². The molecular weight excluding hydrogens is 278 g/mol. The highest BCUT2D eigenvalue weighted by Crippen LogP contribution is 2.38. The molecule has 1 fully saturated rings. The number of nitrogens with two attached hydrogens (primary N) is 1. The highest BCUT2D eigenvalue weighted by atomic mass is 16.5. The molecule has 0 aromatic rings. The smallest absolute Gasteiger partial charge is 0.328 e. The molecule has 3 amide bonds. The summed E-state index contributed by atoms with van der Waals surface area (Å²) in [6, 6.07) is -1.21. The predicted octanol–water partition coefficient (Wildman–Crippen LogP) is -1.77. The van der Waals surface area contributed by atoms with Gasteiger partial charge in [0, 0.05) is 40.8 Å². The van der Waals surface area contributed by atoms with Gasteiger partial charge in [-0.05, 0) is 0 Å². The van der Waals surface area contributed by atoms with E-state index in [1.54, 1.807) is 19.1 Å². The number of carbonyl (C=O) groups excluding carboxylic acids is 2. The van der Waals surface area contributed by atoms with Gasteiger partial charge < -0.3 is 20.5 Å². The Balaban J connectivity index is 2.45. The molecule has 1 saturated heterocycles. The summed E-state index contributed by atoms with van der Waals surface area (Å²) < 4.78 is 5.03. The number of guanidine groups is 1. The van der Waals surface area contributed by atoms with Gasteiger partial charge in [0.05, 0.1) is 6.61 Å². The molecule has 0 aliphatic carbocycles. The maximum atomic E-state index is 12.5. The van der Waals surface area contributed by atoms with Gasteiger partial charge in [-0.1, -0.05) is 0 Å². The van der Waals surface area contributed by atoms with Crippen molar-refractivity contribution in [3.8, 4) is 0 Å². The van der Waals surface area contributed by atoms with Crippen molar-refractivity contribution in [3.05, 3.63) is 0 Å². The van der Waals surface area contributed by atoms with Crippen LogP contribution < -0.4 is 5.73 Å². The highest BCUT2D eigenvalue weighted by molar-refractivity contribution is 6.04. The second kappa shape index (κ2) is 5.49. The first-order valence-electron chi connectivity index (χ1n) is 6.68. The van der Waals surface area contributed by atoms with Crippen LogP contribution in [0.1, 0.15) is 6.42 Å². The van der Waals surface area contributed by atoms with Crippen molar-refractivity contribution in [2.45, 2.75) is 18.1 Å². The quantitative estimate of drug-likeness (QED) is 0.621. The van der Waals surface area contributed by atoms with Gasteiger partial charge in [0.15, 0.2) is 17.7 Å². The van der Waals surface area contributed by atoms with E-state index in [0.29, 0.717) is 13.2 Å². The van der Waals surface area contributed by atoms with Crippen LogP contribution in [-0.2, 0) is 9.53 Å². The molecule has 0 aromatic heterocycles. The number of ether oxygens (including phenoxy) is 1. The van der Waals surface area contributed by atoms with Crippen molar-refractivity contribution in [1.29, 1.82) is 0 Å². The van der Waals surface area contributed by atoms with Crippen molar-refractivity contribution >= 4 is 17.9 Å². The zero-order valence-corrected chi connectivity index (χ0v) is 12.4. The van der Waals surface area contributed by atoms with Crippen LogP contribution in [-0.4, -0.2) is 90.4 Å². The van der Waals surface area contributed by atoms with Crippen molar-refractivity contribution in [2.75, 3.05) is 41.0 Å². The molecule has 21 heavy (non-hydrogen) atoms. The second-order valence-corrected chi connectivity index (χ2v) is 5.15. The van der Waals surface area contributed by atoms with E-state index < -0.39 is 17.7 Å². The second-order valence-electron chi connectivity index (χ2n) is 5.15. The molecule has 9 heteroatoms. The molecule has 0 aromatic carbocycles. The van der Waals surface area contributed by atoms with E-state index in [1.807, 2.05) is 0 Å². The topological polar surface area (TPSA) is 112 Å². The van der Waals surface area contributed by atoms with E-state index in [-0.39, 0.29) is 24.9 Å². The fourth-order valence-corrected chi connectivity index (χ4v) is 2.92. The van der Waals surface area contributed by atoms with Crippen LogP contribution in [0.4, 0.5) is 4.79 Å². The number of carbonyl (C=O) groups is 2. The molecule has 2 unspecified atom stereocenters. The molecule has 9 nitrogen and oxygen atoms in total. The summed E-state index contributed by atoms with van der Waals surface area (Å²) in [5, 5.41) is 9.35. The Labute approximate surface area is 122 Å². The fourth-order valence-electron chi connectivity index (χ4n) is 2.92. The first-order chi connectivity index (χ1) is 9.90. The van der Waals surface area contributed by atoms with Gasteiger partial charge in [-0.2, -0.15) is 0 Å². The Morgan fingerprint density at radius 1 is 1.43 bits per heavy atom. The van der Waals surface area contributed by atoms with Crippen LogP contribution in [0.3, 0.4) is 0 Å². The third-order valence-electron chi connectivity index (χ3n) is 4.09. The number of aliphatic hydroxyl groups is 1. The summed E-state index contributed by atoms with van der Waals surface area (Å²) in [6.07, 6.45) is 0.143. The maximum Gasteiger partial charge on any atom is 0.328 e. The Hall–Kier alpha value is -1.87. The van der Waals surface area contributed by atoms with Crippen LogP contribution >= 0.6 is 0 Å². The lowest BCUT2D eigenvalue weighted by atomic mass is 9.92. The number of hydrogen-bond donors (Lipinski definition) is 2. The number of rotatable bonds is 5.